The summed E-state index contributed by atoms with van der Waals surface area (Å²) >= 11 is 0. The lowest BCUT2D eigenvalue weighted by Gasteiger charge is -2.26. The Hall–Kier alpha value is -1.88. The molecule has 24 heavy (non-hydrogen) atoms. The summed E-state index contributed by atoms with van der Waals surface area (Å²) in [4.78, 5) is 0. The van der Waals surface area contributed by atoms with Gasteiger partial charge in [0.1, 0.15) is 5.75 Å². The topological polar surface area (TPSA) is 42.5 Å². The maximum Gasteiger partial charge on any atom is 0.123 e. The molecule has 4 heteroatoms. The molecule has 0 aromatic heterocycles. The smallest absolute Gasteiger partial charge is 0.123 e. The maximum atomic E-state index is 5.96. The lowest BCUT2D eigenvalue weighted by molar-refractivity contribution is 0.0544. The van der Waals surface area contributed by atoms with Gasteiger partial charge in [-0.25, -0.2) is 0 Å². The number of hydrogen-bond donors (Lipinski definition) is 2. The molecule has 3 unspecified atom stereocenters. The van der Waals surface area contributed by atoms with Crippen LogP contribution in [0.1, 0.15) is 24.1 Å². The molecule has 1 fully saturated rings. The normalized spacial score (nSPS) is 23.3. The molecule has 0 amide bonds. The first-order chi connectivity index (χ1) is 11.8. The van der Waals surface area contributed by atoms with E-state index >= 15 is 0 Å². The fourth-order valence-electron chi connectivity index (χ4n) is 3.40. The third kappa shape index (κ3) is 3.78. The van der Waals surface area contributed by atoms with E-state index in [1.165, 1.54) is 5.56 Å². The molecule has 2 aromatic rings. The van der Waals surface area contributed by atoms with Crippen molar-refractivity contribution in [2.24, 2.45) is 0 Å². The van der Waals surface area contributed by atoms with Gasteiger partial charge in [-0.1, -0.05) is 48.5 Å². The molecule has 2 aromatic carbocycles. The third-order valence-electron chi connectivity index (χ3n) is 4.56. The summed E-state index contributed by atoms with van der Waals surface area (Å²) in [7, 11) is 1.71. The monoisotopic (exact) mass is 326 g/mol. The summed E-state index contributed by atoms with van der Waals surface area (Å²) < 4.78 is 11.4. The van der Waals surface area contributed by atoms with Crippen molar-refractivity contribution in [1.82, 2.24) is 10.6 Å². The molecule has 4 nitrogen and oxygen atoms in total. The molecule has 1 saturated heterocycles. The van der Waals surface area contributed by atoms with Gasteiger partial charge in [-0.15, -0.1) is 0 Å². The van der Waals surface area contributed by atoms with Crippen molar-refractivity contribution < 1.29 is 9.47 Å². The Morgan fingerprint density at radius 3 is 2.58 bits per heavy atom. The van der Waals surface area contributed by atoms with Gasteiger partial charge in [0, 0.05) is 25.3 Å². The molecule has 1 aliphatic heterocycles. The summed E-state index contributed by atoms with van der Waals surface area (Å²) in [6.45, 7) is 4.38. The van der Waals surface area contributed by atoms with Crippen molar-refractivity contribution in [2.75, 3.05) is 20.3 Å². The molecule has 0 saturated carbocycles. The van der Waals surface area contributed by atoms with Crippen LogP contribution in [0, 0.1) is 0 Å². The minimum atomic E-state index is 0.162. The second-order valence-corrected chi connectivity index (χ2v) is 6.01. The van der Waals surface area contributed by atoms with E-state index in [1.54, 1.807) is 7.11 Å². The molecule has 1 aliphatic rings. The van der Waals surface area contributed by atoms with E-state index in [1.807, 2.05) is 25.1 Å². The van der Waals surface area contributed by atoms with Crippen molar-refractivity contribution in [2.45, 2.75) is 31.7 Å². The molecule has 3 rings (SSSR count). The third-order valence-corrected chi connectivity index (χ3v) is 4.56. The van der Waals surface area contributed by atoms with Crippen LogP contribution in [0.3, 0.4) is 0 Å². The number of ether oxygens (including phenoxy) is 2. The molecule has 2 N–H and O–H groups in total. The highest BCUT2D eigenvalue weighted by Crippen LogP contribution is 2.27. The number of methoxy groups -OCH3 is 1. The lowest BCUT2D eigenvalue weighted by Crippen LogP contribution is -2.41. The van der Waals surface area contributed by atoms with Gasteiger partial charge >= 0.3 is 0 Å². The second-order valence-electron chi connectivity index (χ2n) is 6.01. The highest BCUT2D eigenvalue weighted by Gasteiger charge is 2.36. The Morgan fingerprint density at radius 1 is 1.08 bits per heavy atom. The van der Waals surface area contributed by atoms with E-state index < -0.39 is 0 Å². The van der Waals surface area contributed by atoms with Crippen LogP contribution in [0.25, 0.3) is 0 Å². The SMILES string of the molecule is CCOC1CNC(c2ccccc2)C1NCc1ccccc1OC. The first kappa shape index (κ1) is 17.0. The minimum absolute atomic E-state index is 0.162. The number of para-hydroxylation sites is 1. The van der Waals surface area contributed by atoms with Gasteiger partial charge in [0.2, 0.25) is 0 Å². The van der Waals surface area contributed by atoms with Crippen molar-refractivity contribution in [1.29, 1.82) is 0 Å². The second kappa shape index (κ2) is 8.29. The lowest BCUT2D eigenvalue weighted by atomic mass is 9.99. The van der Waals surface area contributed by atoms with Gasteiger partial charge in [-0.3, -0.25) is 0 Å². The largest absolute Gasteiger partial charge is 0.496 e. The molecular formula is C20H26N2O2. The first-order valence-corrected chi connectivity index (χ1v) is 8.58. The van der Waals surface area contributed by atoms with Crippen LogP contribution >= 0.6 is 0 Å². The van der Waals surface area contributed by atoms with Crippen molar-refractivity contribution in [3.8, 4) is 5.75 Å². The summed E-state index contributed by atoms with van der Waals surface area (Å²) in [5.74, 6) is 0.917. The van der Waals surface area contributed by atoms with E-state index in [9.17, 15) is 0 Å². The van der Waals surface area contributed by atoms with Crippen LogP contribution in [0.2, 0.25) is 0 Å². The zero-order valence-corrected chi connectivity index (χ0v) is 14.4. The molecule has 1 heterocycles. The maximum absolute atomic E-state index is 5.96. The fraction of sp³-hybridized carbons (Fsp3) is 0.400. The molecule has 0 aliphatic carbocycles. The number of benzene rings is 2. The summed E-state index contributed by atoms with van der Waals surface area (Å²) in [6.07, 6.45) is 0.162. The molecule has 0 spiro atoms. The highest BCUT2D eigenvalue weighted by molar-refractivity contribution is 5.33. The van der Waals surface area contributed by atoms with Crippen LogP contribution in [0.15, 0.2) is 54.6 Å². The fourth-order valence-corrected chi connectivity index (χ4v) is 3.40. The summed E-state index contributed by atoms with van der Waals surface area (Å²) in [5, 5.41) is 7.29. The quantitative estimate of drug-likeness (QED) is 0.821. The Morgan fingerprint density at radius 2 is 1.83 bits per heavy atom. The van der Waals surface area contributed by atoms with Gasteiger partial charge in [-0.05, 0) is 18.6 Å². The number of hydrogen-bond acceptors (Lipinski definition) is 4. The van der Waals surface area contributed by atoms with Crippen LogP contribution in [0.4, 0.5) is 0 Å². The molecule has 0 bridgehead atoms. The van der Waals surface area contributed by atoms with Crippen LogP contribution < -0.4 is 15.4 Å². The zero-order valence-electron chi connectivity index (χ0n) is 14.4. The number of rotatable bonds is 7. The highest BCUT2D eigenvalue weighted by atomic mass is 16.5. The zero-order chi connectivity index (χ0) is 16.8. The molecule has 3 atom stereocenters. The van der Waals surface area contributed by atoms with Gasteiger partial charge < -0.3 is 20.1 Å². The van der Waals surface area contributed by atoms with E-state index in [2.05, 4.69) is 47.0 Å². The van der Waals surface area contributed by atoms with Crippen molar-refractivity contribution in [3.63, 3.8) is 0 Å². The predicted molar refractivity (Wildman–Crippen MR) is 96.2 cm³/mol. The Kier molecular flexibility index (Phi) is 5.86. The molecule has 128 valence electrons. The van der Waals surface area contributed by atoms with Gasteiger partial charge in [0.05, 0.1) is 25.3 Å². The van der Waals surface area contributed by atoms with E-state index in [-0.39, 0.29) is 18.2 Å². The average Bonchev–Trinajstić information content (AvgIpc) is 3.04. The number of nitrogens with one attached hydrogen (secondary N) is 2. The average molecular weight is 326 g/mol. The van der Waals surface area contributed by atoms with Crippen molar-refractivity contribution >= 4 is 0 Å². The molecule has 0 radical (unpaired) electrons. The van der Waals surface area contributed by atoms with Gasteiger partial charge in [0.15, 0.2) is 0 Å². The summed E-state index contributed by atoms with van der Waals surface area (Å²) in [5.41, 5.74) is 2.45. The van der Waals surface area contributed by atoms with E-state index in [0.29, 0.717) is 0 Å². The van der Waals surface area contributed by atoms with Crippen LogP contribution in [-0.4, -0.2) is 32.4 Å². The van der Waals surface area contributed by atoms with Gasteiger partial charge in [0.25, 0.3) is 0 Å². The Bertz CT molecular complexity index is 633. The van der Waals surface area contributed by atoms with Crippen molar-refractivity contribution in [3.05, 3.63) is 65.7 Å². The van der Waals surface area contributed by atoms with E-state index in [0.717, 1.165) is 31.0 Å². The van der Waals surface area contributed by atoms with Crippen LogP contribution in [-0.2, 0) is 11.3 Å². The first-order valence-electron chi connectivity index (χ1n) is 8.58. The molecular weight excluding hydrogens is 300 g/mol. The predicted octanol–water partition coefficient (Wildman–Crippen LogP) is 2.90. The standard InChI is InChI=1S/C20H26N2O2/c1-3-24-18-14-22-19(15-9-5-4-6-10-15)20(18)21-13-16-11-7-8-12-17(16)23-2/h4-12,18-22H,3,13-14H2,1-2H3. The van der Waals surface area contributed by atoms with Gasteiger partial charge in [-0.2, -0.15) is 0 Å². The Balaban J connectivity index is 1.75. The van der Waals surface area contributed by atoms with Crippen LogP contribution in [0.5, 0.6) is 5.75 Å². The Labute approximate surface area is 144 Å². The minimum Gasteiger partial charge on any atom is -0.496 e. The summed E-state index contributed by atoms with van der Waals surface area (Å²) in [6, 6.07) is 19.2. The van der Waals surface area contributed by atoms with E-state index in [4.69, 9.17) is 9.47 Å².